The zero-order valence-corrected chi connectivity index (χ0v) is 18.5. The Kier molecular flexibility index (Phi) is 5.80. The van der Waals surface area contributed by atoms with Crippen molar-refractivity contribution < 1.29 is 28.5 Å². The van der Waals surface area contributed by atoms with Gasteiger partial charge in [0.05, 0.1) is 29.4 Å². The van der Waals surface area contributed by atoms with Gasteiger partial charge in [-0.1, -0.05) is 15.9 Å². The molecule has 0 radical (unpaired) electrons. The van der Waals surface area contributed by atoms with Crippen LogP contribution in [-0.4, -0.2) is 29.9 Å². The summed E-state index contributed by atoms with van der Waals surface area (Å²) in [7, 11) is 1.37. The van der Waals surface area contributed by atoms with Gasteiger partial charge >= 0.3 is 6.03 Å². The zero-order valence-electron chi connectivity index (χ0n) is 16.9. The molecule has 1 aliphatic heterocycles. The second-order valence-electron chi connectivity index (χ2n) is 6.78. The lowest BCUT2D eigenvalue weighted by molar-refractivity contribution is -0.384. The van der Waals surface area contributed by atoms with Crippen LogP contribution in [-0.2, 0) is 9.59 Å². The molecule has 1 aliphatic rings. The summed E-state index contributed by atoms with van der Waals surface area (Å²) in [5.41, 5.74) is 0.287. The molecule has 0 saturated carbocycles. The zero-order chi connectivity index (χ0) is 23.7. The molecule has 1 aromatic heterocycles. The van der Waals surface area contributed by atoms with Crippen LogP contribution >= 0.6 is 15.9 Å². The number of methoxy groups -OCH3 is 1. The third-order valence-corrected chi connectivity index (χ3v) is 5.29. The maximum absolute atomic E-state index is 13.0. The van der Waals surface area contributed by atoms with Crippen molar-refractivity contribution in [3.05, 3.63) is 80.5 Å². The number of rotatable bonds is 5. The standard InChI is InChI=1S/C22H14BrN3O7/c1-32-19-10-14(26(30)31)6-8-16(19)18-9-7-15(33-18)11-17-20(27)24-22(29)25(21(17)28)13-4-2-12(23)3-5-13/h2-11H,1H3,(H,24,27,29). The minimum atomic E-state index is -0.861. The molecule has 2 heterocycles. The van der Waals surface area contributed by atoms with Crippen LogP contribution in [0.25, 0.3) is 17.4 Å². The molecule has 0 atom stereocenters. The number of nitro benzene ring substituents is 1. The maximum Gasteiger partial charge on any atom is 0.335 e. The number of carbonyl (C=O) groups is 3. The summed E-state index contributed by atoms with van der Waals surface area (Å²) >= 11 is 3.28. The van der Waals surface area contributed by atoms with Crippen LogP contribution in [0, 0.1) is 10.1 Å². The van der Waals surface area contributed by atoms with E-state index in [4.69, 9.17) is 9.15 Å². The van der Waals surface area contributed by atoms with Gasteiger partial charge in [0.15, 0.2) is 0 Å². The molecule has 10 nitrogen and oxygen atoms in total. The highest BCUT2D eigenvalue weighted by Crippen LogP contribution is 2.35. The van der Waals surface area contributed by atoms with E-state index in [1.807, 2.05) is 0 Å². The van der Waals surface area contributed by atoms with Crippen LogP contribution in [0.4, 0.5) is 16.2 Å². The Balaban J connectivity index is 1.67. The first-order valence-electron chi connectivity index (χ1n) is 9.38. The maximum atomic E-state index is 13.0. The Hall–Kier alpha value is -4.25. The smallest absolute Gasteiger partial charge is 0.335 e. The van der Waals surface area contributed by atoms with Gasteiger partial charge in [0.25, 0.3) is 17.5 Å². The number of benzene rings is 2. The number of nitrogens with one attached hydrogen (secondary N) is 1. The highest BCUT2D eigenvalue weighted by Gasteiger charge is 2.37. The van der Waals surface area contributed by atoms with Gasteiger partial charge in [-0.3, -0.25) is 25.0 Å². The number of barbiturate groups is 1. The summed E-state index contributed by atoms with van der Waals surface area (Å²) in [6.07, 6.45) is 1.22. The molecule has 4 rings (SSSR count). The molecule has 1 N–H and O–H groups in total. The van der Waals surface area contributed by atoms with Crippen LogP contribution in [0.2, 0.25) is 0 Å². The lowest BCUT2D eigenvalue weighted by Gasteiger charge is -2.26. The molecule has 0 aliphatic carbocycles. The van der Waals surface area contributed by atoms with Crippen LogP contribution in [0.15, 0.2) is 69.1 Å². The highest BCUT2D eigenvalue weighted by atomic mass is 79.9. The molecule has 0 bridgehead atoms. The molecular formula is C22H14BrN3O7. The van der Waals surface area contributed by atoms with Crippen molar-refractivity contribution in [3.8, 4) is 17.1 Å². The van der Waals surface area contributed by atoms with E-state index >= 15 is 0 Å². The van der Waals surface area contributed by atoms with E-state index in [0.717, 1.165) is 9.37 Å². The first-order valence-corrected chi connectivity index (χ1v) is 10.2. The van der Waals surface area contributed by atoms with Gasteiger partial charge in [0, 0.05) is 10.5 Å². The number of anilines is 1. The second-order valence-corrected chi connectivity index (χ2v) is 7.69. The van der Waals surface area contributed by atoms with Crippen molar-refractivity contribution in [2.24, 2.45) is 0 Å². The third-order valence-electron chi connectivity index (χ3n) is 4.76. The third kappa shape index (κ3) is 4.26. The van der Waals surface area contributed by atoms with E-state index < -0.39 is 22.8 Å². The number of halogens is 1. The van der Waals surface area contributed by atoms with Crippen molar-refractivity contribution in [1.82, 2.24) is 5.32 Å². The molecule has 4 amide bonds. The van der Waals surface area contributed by atoms with Crippen molar-refractivity contribution in [2.75, 3.05) is 12.0 Å². The molecule has 166 valence electrons. The second kappa shape index (κ2) is 8.71. The molecule has 1 saturated heterocycles. The van der Waals surface area contributed by atoms with E-state index in [9.17, 15) is 24.5 Å². The van der Waals surface area contributed by atoms with E-state index in [1.165, 1.54) is 37.5 Å². The molecule has 11 heteroatoms. The summed E-state index contributed by atoms with van der Waals surface area (Å²) < 4.78 is 11.7. The van der Waals surface area contributed by atoms with Gasteiger partial charge in [-0.2, -0.15) is 0 Å². The van der Waals surface area contributed by atoms with Crippen molar-refractivity contribution >= 4 is 51.2 Å². The van der Waals surface area contributed by atoms with E-state index in [0.29, 0.717) is 11.3 Å². The highest BCUT2D eigenvalue weighted by molar-refractivity contribution is 9.10. The Morgan fingerprint density at radius 2 is 1.82 bits per heavy atom. The van der Waals surface area contributed by atoms with Crippen LogP contribution in [0.3, 0.4) is 0 Å². The molecule has 0 spiro atoms. The van der Waals surface area contributed by atoms with Gasteiger partial charge in [-0.15, -0.1) is 0 Å². The van der Waals surface area contributed by atoms with E-state index in [2.05, 4.69) is 21.2 Å². The summed E-state index contributed by atoms with van der Waals surface area (Å²) in [5, 5.41) is 13.1. The Morgan fingerprint density at radius 1 is 1.09 bits per heavy atom. The summed E-state index contributed by atoms with van der Waals surface area (Å²) in [5.74, 6) is -0.982. The normalized spacial score (nSPS) is 15.0. The number of nitro groups is 1. The molecular weight excluding hydrogens is 498 g/mol. The lowest BCUT2D eigenvalue weighted by Crippen LogP contribution is -2.54. The summed E-state index contributed by atoms with van der Waals surface area (Å²) in [6, 6.07) is 12.7. The van der Waals surface area contributed by atoms with Gasteiger partial charge in [0.1, 0.15) is 22.8 Å². The van der Waals surface area contributed by atoms with Crippen LogP contribution in [0.1, 0.15) is 5.76 Å². The first kappa shape index (κ1) is 22.0. The number of furan rings is 1. The van der Waals surface area contributed by atoms with Crippen LogP contribution < -0.4 is 15.0 Å². The number of imide groups is 2. The lowest BCUT2D eigenvalue weighted by atomic mass is 10.1. The number of urea groups is 1. The number of hydrogen-bond acceptors (Lipinski definition) is 7. The average molecular weight is 512 g/mol. The topological polar surface area (TPSA) is 132 Å². The van der Waals surface area contributed by atoms with Gasteiger partial charge in [0.2, 0.25) is 0 Å². The Labute approximate surface area is 194 Å². The molecule has 0 unspecified atom stereocenters. The number of nitrogens with zero attached hydrogens (tertiary/aromatic N) is 2. The monoisotopic (exact) mass is 511 g/mol. The molecule has 3 aromatic rings. The number of ether oxygens (including phenoxy) is 1. The fourth-order valence-electron chi connectivity index (χ4n) is 3.20. The number of hydrogen-bond donors (Lipinski definition) is 1. The fraction of sp³-hybridized carbons (Fsp3) is 0.0455. The van der Waals surface area contributed by atoms with E-state index in [-0.39, 0.29) is 28.5 Å². The Morgan fingerprint density at radius 3 is 2.48 bits per heavy atom. The summed E-state index contributed by atoms with van der Waals surface area (Å²) in [4.78, 5) is 48.9. The summed E-state index contributed by atoms with van der Waals surface area (Å²) in [6.45, 7) is 0. The number of carbonyl (C=O) groups excluding carboxylic acids is 3. The van der Waals surface area contributed by atoms with Crippen LogP contribution in [0.5, 0.6) is 5.75 Å². The van der Waals surface area contributed by atoms with Gasteiger partial charge in [-0.05, 0) is 48.5 Å². The minimum absolute atomic E-state index is 0.147. The minimum Gasteiger partial charge on any atom is -0.496 e. The van der Waals surface area contributed by atoms with E-state index in [1.54, 1.807) is 30.3 Å². The number of amides is 4. The number of non-ortho nitro benzene ring substituents is 1. The predicted molar refractivity (Wildman–Crippen MR) is 120 cm³/mol. The van der Waals surface area contributed by atoms with Crippen molar-refractivity contribution in [2.45, 2.75) is 0 Å². The molecule has 33 heavy (non-hydrogen) atoms. The predicted octanol–water partition coefficient (Wildman–Crippen LogP) is 4.29. The molecule has 2 aromatic carbocycles. The molecule has 1 fully saturated rings. The quantitative estimate of drug-likeness (QED) is 0.233. The fourth-order valence-corrected chi connectivity index (χ4v) is 3.46. The van der Waals surface area contributed by atoms with Crippen molar-refractivity contribution in [1.29, 1.82) is 0 Å². The van der Waals surface area contributed by atoms with Gasteiger partial charge < -0.3 is 9.15 Å². The average Bonchev–Trinajstić information content (AvgIpc) is 3.25. The van der Waals surface area contributed by atoms with Crippen molar-refractivity contribution in [3.63, 3.8) is 0 Å². The first-order chi connectivity index (χ1) is 15.8. The SMILES string of the molecule is COc1cc([N+](=O)[O-])ccc1-c1ccc(C=C2C(=O)NC(=O)N(c3ccc(Br)cc3)C2=O)o1. The Bertz CT molecular complexity index is 1330. The van der Waals surface area contributed by atoms with Gasteiger partial charge in [-0.25, -0.2) is 9.69 Å². The largest absolute Gasteiger partial charge is 0.496 e.